The third kappa shape index (κ3) is 1.79. The zero-order valence-corrected chi connectivity index (χ0v) is 7.43. The van der Waals surface area contributed by atoms with Gasteiger partial charge in [0, 0.05) is 0 Å². The van der Waals surface area contributed by atoms with E-state index in [1.807, 2.05) is 12.1 Å². The summed E-state index contributed by atoms with van der Waals surface area (Å²) in [6, 6.07) is 7.17. The number of hydrogen-bond acceptors (Lipinski definition) is 3. The molecule has 4 nitrogen and oxygen atoms in total. The Kier molecular flexibility index (Phi) is 2.26. The zero-order valence-electron chi connectivity index (χ0n) is 7.43. The number of fused-ring (bicyclic) bond motifs is 1. The molecular formula is C10H9O4. The van der Waals surface area contributed by atoms with Crippen LogP contribution in [0.2, 0.25) is 0 Å². The number of carbonyl (C=O) groups is 1. The summed E-state index contributed by atoms with van der Waals surface area (Å²) < 4.78 is 10.7. The van der Waals surface area contributed by atoms with Crippen molar-refractivity contribution in [3.05, 3.63) is 24.3 Å². The number of hydrogen-bond donors (Lipinski definition) is 0. The van der Waals surface area contributed by atoms with Crippen LogP contribution in [-0.2, 0) is 9.90 Å². The van der Waals surface area contributed by atoms with Crippen molar-refractivity contribution in [2.75, 3.05) is 6.61 Å². The second-order valence-electron chi connectivity index (χ2n) is 3.07. The highest BCUT2D eigenvalue weighted by Gasteiger charge is 2.23. The Balaban J connectivity index is 2.09. The van der Waals surface area contributed by atoms with E-state index in [1.54, 1.807) is 12.1 Å². The van der Waals surface area contributed by atoms with Gasteiger partial charge in [-0.25, -0.2) is 9.90 Å². The molecule has 4 heteroatoms. The molecule has 1 aromatic carbocycles. The maximum Gasteiger partial charge on any atom is 0.359 e. The predicted molar refractivity (Wildman–Crippen MR) is 46.7 cm³/mol. The Morgan fingerprint density at radius 1 is 1.36 bits per heavy atom. The maximum absolute atomic E-state index is 10.3. The average Bonchev–Trinajstić information content (AvgIpc) is 2.17. The van der Waals surface area contributed by atoms with E-state index >= 15 is 0 Å². The third-order valence-corrected chi connectivity index (χ3v) is 1.96. The lowest BCUT2D eigenvalue weighted by Crippen LogP contribution is -2.30. The molecule has 2 rings (SSSR count). The standard InChI is InChI=1S/C10H9O4/c11-10(12)5-7-6-13-8-3-1-2-4-9(8)14-7/h1-4,7H,5-6H2. The van der Waals surface area contributed by atoms with Gasteiger partial charge in [0.25, 0.3) is 0 Å². The molecule has 73 valence electrons. The van der Waals surface area contributed by atoms with Crippen molar-refractivity contribution in [3.63, 3.8) is 0 Å². The molecule has 1 aromatic rings. The fourth-order valence-electron chi connectivity index (χ4n) is 1.35. The molecule has 0 aromatic heterocycles. The van der Waals surface area contributed by atoms with Crippen LogP contribution < -0.4 is 9.47 Å². The molecule has 0 spiro atoms. The summed E-state index contributed by atoms with van der Waals surface area (Å²) in [4.78, 5) is 10.3. The maximum atomic E-state index is 10.3. The van der Waals surface area contributed by atoms with E-state index in [4.69, 9.17) is 9.47 Å². The molecule has 1 unspecified atom stereocenters. The molecule has 1 atom stereocenters. The van der Waals surface area contributed by atoms with E-state index in [-0.39, 0.29) is 13.0 Å². The van der Waals surface area contributed by atoms with E-state index in [2.05, 4.69) is 0 Å². The molecule has 0 saturated carbocycles. The van der Waals surface area contributed by atoms with Gasteiger partial charge in [-0.05, 0) is 12.1 Å². The van der Waals surface area contributed by atoms with Gasteiger partial charge in [-0.2, -0.15) is 0 Å². The molecule has 0 amide bonds. The lowest BCUT2D eigenvalue weighted by atomic mass is 10.2. The Morgan fingerprint density at radius 3 is 2.79 bits per heavy atom. The molecule has 0 N–H and O–H groups in total. The molecule has 0 bridgehead atoms. The molecule has 1 heterocycles. The Bertz CT molecular complexity index is 348. The van der Waals surface area contributed by atoms with Crippen LogP contribution in [0.5, 0.6) is 11.5 Å². The van der Waals surface area contributed by atoms with E-state index in [1.165, 1.54) is 0 Å². The second-order valence-corrected chi connectivity index (χ2v) is 3.07. The van der Waals surface area contributed by atoms with Crippen LogP contribution in [0.4, 0.5) is 0 Å². The second kappa shape index (κ2) is 3.57. The first-order valence-electron chi connectivity index (χ1n) is 4.34. The molecule has 0 aliphatic carbocycles. The molecule has 1 aliphatic rings. The summed E-state index contributed by atoms with van der Waals surface area (Å²) in [6.07, 6.45) is -0.594. The molecule has 0 saturated heterocycles. The number of para-hydroxylation sites is 2. The number of carbonyl (C=O) groups excluding carboxylic acids is 1. The van der Waals surface area contributed by atoms with Crippen LogP contribution in [0.1, 0.15) is 6.42 Å². The van der Waals surface area contributed by atoms with Crippen molar-refractivity contribution in [2.24, 2.45) is 0 Å². The van der Waals surface area contributed by atoms with Gasteiger partial charge in [0.2, 0.25) is 0 Å². The first kappa shape index (κ1) is 8.87. The Labute approximate surface area is 81.1 Å². The van der Waals surface area contributed by atoms with Crippen molar-refractivity contribution in [1.29, 1.82) is 0 Å². The van der Waals surface area contributed by atoms with Crippen molar-refractivity contribution in [3.8, 4) is 11.5 Å². The van der Waals surface area contributed by atoms with Crippen molar-refractivity contribution in [1.82, 2.24) is 0 Å². The monoisotopic (exact) mass is 193 g/mol. The van der Waals surface area contributed by atoms with Crippen molar-refractivity contribution >= 4 is 5.97 Å². The van der Waals surface area contributed by atoms with Gasteiger partial charge in [0.15, 0.2) is 11.5 Å². The van der Waals surface area contributed by atoms with Gasteiger partial charge < -0.3 is 9.47 Å². The van der Waals surface area contributed by atoms with Crippen molar-refractivity contribution in [2.45, 2.75) is 12.5 Å². The number of benzene rings is 1. The highest BCUT2D eigenvalue weighted by atomic mass is 16.6. The van der Waals surface area contributed by atoms with E-state index in [0.29, 0.717) is 11.5 Å². The summed E-state index contributed by atoms with van der Waals surface area (Å²) in [5.74, 6) is 0.116. The van der Waals surface area contributed by atoms with E-state index in [0.717, 1.165) is 0 Å². The minimum atomic E-state index is -1.13. The first-order chi connectivity index (χ1) is 6.75. The smallest absolute Gasteiger partial charge is 0.359 e. The molecule has 0 fully saturated rings. The van der Waals surface area contributed by atoms with Gasteiger partial charge >= 0.3 is 5.97 Å². The largest absolute Gasteiger partial charge is 0.486 e. The van der Waals surface area contributed by atoms with E-state index in [9.17, 15) is 9.90 Å². The SMILES string of the molecule is [O]C(=O)CC1COc2ccccc2O1. The first-order valence-corrected chi connectivity index (χ1v) is 4.34. The van der Waals surface area contributed by atoms with Gasteiger partial charge in [-0.1, -0.05) is 12.1 Å². The Morgan fingerprint density at radius 2 is 2.07 bits per heavy atom. The van der Waals surface area contributed by atoms with Gasteiger partial charge in [0.1, 0.15) is 12.7 Å². The van der Waals surface area contributed by atoms with E-state index < -0.39 is 12.1 Å². The topological polar surface area (TPSA) is 55.4 Å². The lowest BCUT2D eigenvalue weighted by Gasteiger charge is -2.24. The average molecular weight is 193 g/mol. The molecule has 14 heavy (non-hydrogen) atoms. The van der Waals surface area contributed by atoms with Gasteiger partial charge in [-0.15, -0.1) is 0 Å². The third-order valence-electron chi connectivity index (χ3n) is 1.96. The molecule has 1 radical (unpaired) electrons. The summed E-state index contributed by atoms with van der Waals surface area (Å²) in [6.45, 7) is 0.255. The summed E-state index contributed by atoms with van der Waals surface area (Å²) in [5, 5.41) is 10.3. The van der Waals surface area contributed by atoms with Gasteiger partial charge in [0.05, 0.1) is 6.42 Å². The highest BCUT2D eigenvalue weighted by molar-refractivity contribution is 5.67. The van der Waals surface area contributed by atoms with Crippen LogP contribution in [0.25, 0.3) is 0 Å². The number of rotatable bonds is 2. The quantitative estimate of drug-likeness (QED) is 0.708. The highest BCUT2D eigenvalue weighted by Crippen LogP contribution is 2.31. The van der Waals surface area contributed by atoms with Crippen LogP contribution >= 0.6 is 0 Å². The fraction of sp³-hybridized carbons (Fsp3) is 0.300. The summed E-state index contributed by atoms with van der Waals surface area (Å²) in [7, 11) is 0. The minimum Gasteiger partial charge on any atom is -0.486 e. The molecule has 1 aliphatic heterocycles. The minimum absolute atomic E-state index is 0.145. The predicted octanol–water partition coefficient (Wildman–Crippen LogP) is 1.17. The molecular weight excluding hydrogens is 184 g/mol. The van der Waals surface area contributed by atoms with Crippen LogP contribution in [-0.4, -0.2) is 18.7 Å². The van der Waals surface area contributed by atoms with Crippen LogP contribution in [0.15, 0.2) is 24.3 Å². The van der Waals surface area contributed by atoms with Crippen LogP contribution in [0.3, 0.4) is 0 Å². The normalized spacial score (nSPS) is 19.0. The van der Waals surface area contributed by atoms with Crippen LogP contribution in [0, 0.1) is 0 Å². The lowest BCUT2D eigenvalue weighted by molar-refractivity contribution is -0.145. The summed E-state index contributed by atoms with van der Waals surface area (Å²) >= 11 is 0. The zero-order chi connectivity index (χ0) is 9.97. The Hall–Kier alpha value is -1.71. The fourth-order valence-corrected chi connectivity index (χ4v) is 1.35. The van der Waals surface area contributed by atoms with Gasteiger partial charge in [-0.3, -0.25) is 0 Å². The van der Waals surface area contributed by atoms with Crippen molar-refractivity contribution < 1.29 is 19.4 Å². The summed E-state index contributed by atoms with van der Waals surface area (Å²) in [5.41, 5.74) is 0. The number of ether oxygens (including phenoxy) is 2.